The Balaban J connectivity index is 2.39. The van der Waals surface area contributed by atoms with Gasteiger partial charge in [-0.05, 0) is 31.5 Å². The number of aryl methyl sites for hydroxylation is 2. The van der Waals surface area contributed by atoms with Crippen LogP contribution in [0.3, 0.4) is 0 Å². The van der Waals surface area contributed by atoms with Crippen LogP contribution >= 0.6 is 0 Å². The van der Waals surface area contributed by atoms with E-state index in [4.69, 9.17) is 4.98 Å². The van der Waals surface area contributed by atoms with Crippen LogP contribution in [-0.2, 0) is 0 Å². The SMILES string of the molecule is Cc1cccc(-c2nc3ccccc3c(C)c2C#N)c1. The van der Waals surface area contributed by atoms with Gasteiger partial charge < -0.3 is 0 Å². The molecule has 0 bridgehead atoms. The van der Waals surface area contributed by atoms with E-state index in [-0.39, 0.29) is 0 Å². The molecule has 0 aliphatic carbocycles. The van der Waals surface area contributed by atoms with E-state index in [0.717, 1.165) is 27.7 Å². The minimum Gasteiger partial charge on any atom is -0.246 e. The normalized spacial score (nSPS) is 10.4. The molecule has 0 unspecified atom stereocenters. The van der Waals surface area contributed by atoms with Crippen molar-refractivity contribution >= 4 is 10.9 Å². The average molecular weight is 258 g/mol. The van der Waals surface area contributed by atoms with Crippen LogP contribution in [0.4, 0.5) is 0 Å². The summed E-state index contributed by atoms with van der Waals surface area (Å²) in [6.07, 6.45) is 0. The molecule has 0 fully saturated rings. The monoisotopic (exact) mass is 258 g/mol. The van der Waals surface area contributed by atoms with Crippen molar-refractivity contribution in [3.05, 3.63) is 65.2 Å². The second-order valence-electron chi connectivity index (χ2n) is 4.96. The number of aromatic nitrogens is 1. The smallest absolute Gasteiger partial charge is 0.102 e. The van der Waals surface area contributed by atoms with Crippen LogP contribution in [0.25, 0.3) is 22.2 Å². The highest BCUT2D eigenvalue weighted by atomic mass is 14.7. The molecule has 0 radical (unpaired) electrons. The lowest BCUT2D eigenvalue weighted by Gasteiger charge is -2.10. The number of nitrogens with zero attached hydrogens (tertiary/aromatic N) is 2. The van der Waals surface area contributed by atoms with Crippen molar-refractivity contribution < 1.29 is 0 Å². The third-order valence-electron chi connectivity index (χ3n) is 3.56. The van der Waals surface area contributed by atoms with Crippen LogP contribution in [0.2, 0.25) is 0 Å². The summed E-state index contributed by atoms with van der Waals surface area (Å²) in [6.45, 7) is 4.03. The summed E-state index contributed by atoms with van der Waals surface area (Å²) >= 11 is 0. The Labute approximate surface area is 118 Å². The highest BCUT2D eigenvalue weighted by Gasteiger charge is 2.13. The fourth-order valence-electron chi connectivity index (χ4n) is 2.51. The van der Waals surface area contributed by atoms with E-state index < -0.39 is 0 Å². The van der Waals surface area contributed by atoms with E-state index >= 15 is 0 Å². The number of fused-ring (bicyclic) bond motifs is 1. The second kappa shape index (κ2) is 4.79. The van der Waals surface area contributed by atoms with Gasteiger partial charge in [-0.25, -0.2) is 4.98 Å². The number of rotatable bonds is 1. The van der Waals surface area contributed by atoms with Crippen LogP contribution in [0, 0.1) is 25.2 Å². The molecule has 3 rings (SSSR count). The summed E-state index contributed by atoms with van der Waals surface area (Å²) in [5, 5.41) is 10.5. The van der Waals surface area contributed by atoms with Crippen molar-refractivity contribution in [3.63, 3.8) is 0 Å². The second-order valence-corrected chi connectivity index (χ2v) is 4.96. The zero-order chi connectivity index (χ0) is 14.1. The van der Waals surface area contributed by atoms with E-state index in [9.17, 15) is 5.26 Å². The molecule has 0 amide bonds. The minimum atomic E-state index is 0.661. The summed E-state index contributed by atoms with van der Waals surface area (Å²) in [6, 6.07) is 18.4. The maximum atomic E-state index is 9.50. The first-order chi connectivity index (χ1) is 9.70. The molecule has 1 aromatic heterocycles. The van der Waals surface area contributed by atoms with Gasteiger partial charge >= 0.3 is 0 Å². The molecule has 96 valence electrons. The van der Waals surface area contributed by atoms with Crippen molar-refractivity contribution in [2.45, 2.75) is 13.8 Å². The molecule has 0 spiro atoms. The summed E-state index contributed by atoms with van der Waals surface area (Å²) in [5.41, 5.74) is 5.52. The lowest BCUT2D eigenvalue weighted by atomic mass is 9.98. The van der Waals surface area contributed by atoms with Crippen LogP contribution in [0.15, 0.2) is 48.5 Å². The van der Waals surface area contributed by atoms with Gasteiger partial charge in [0.05, 0.1) is 16.8 Å². The molecule has 3 aromatic rings. The fraction of sp³-hybridized carbons (Fsp3) is 0.111. The minimum absolute atomic E-state index is 0.661. The van der Waals surface area contributed by atoms with Gasteiger partial charge in [0, 0.05) is 10.9 Å². The zero-order valence-electron chi connectivity index (χ0n) is 11.5. The Bertz CT molecular complexity index is 842. The Hall–Kier alpha value is -2.66. The summed E-state index contributed by atoms with van der Waals surface area (Å²) in [4.78, 5) is 4.70. The molecule has 0 aliphatic rings. The summed E-state index contributed by atoms with van der Waals surface area (Å²) in [7, 11) is 0. The Morgan fingerprint density at radius 2 is 1.80 bits per heavy atom. The number of para-hydroxylation sites is 1. The number of nitriles is 1. The first kappa shape index (κ1) is 12.4. The molecule has 0 saturated heterocycles. The third kappa shape index (κ3) is 1.94. The Morgan fingerprint density at radius 1 is 1.00 bits per heavy atom. The topological polar surface area (TPSA) is 36.7 Å². The van der Waals surface area contributed by atoms with Gasteiger partial charge in [0.25, 0.3) is 0 Å². The average Bonchev–Trinajstić information content (AvgIpc) is 2.47. The molecule has 0 atom stereocenters. The highest BCUT2D eigenvalue weighted by molar-refractivity contribution is 5.88. The van der Waals surface area contributed by atoms with Crippen molar-refractivity contribution in [1.82, 2.24) is 4.98 Å². The van der Waals surface area contributed by atoms with Gasteiger partial charge in [-0.2, -0.15) is 5.26 Å². The molecular weight excluding hydrogens is 244 g/mol. The molecule has 1 heterocycles. The maximum absolute atomic E-state index is 9.50. The van der Waals surface area contributed by atoms with Gasteiger partial charge in [-0.1, -0.05) is 42.0 Å². The number of hydrogen-bond acceptors (Lipinski definition) is 2. The quantitative estimate of drug-likeness (QED) is 0.649. The first-order valence-electron chi connectivity index (χ1n) is 6.57. The van der Waals surface area contributed by atoms with E-state index in [1.165, 1.54) is 5.56 Å². The van der Waals surface area contributed by atoms with Crippen LogP contribution < -0.4 is 0 Å². The summed E-state index contributed by atoms with van der Waals surface area (Å²) < 4.78 is 0. The predicted molar refractivity (Wildman–Crippen MR) is 81.4 cm³/mol. The van der Waals surface area contributed by atoms with Crippen molar-refractivity contribution in [1.29, 1.82) is 5.26 Å². The van der Waals surface area contributed by atoms with Gasteiger partial charge in [0.15, 0.2) is 0 Å². The van der Waals surface area contributed by atoms with Crippen LogP contribution in [0.5, 0.6) is 0 Å². The lowest BCUT2D eigenvalue weighted by molar-refractivity contribution is 1.31. The Morgan fingerprint density at radius 3 is 2.55 bits per heavy atom. The van der Waals surface area contributed by atoms with Crippen LogP contribution in [-0.4, -0.2) is 4.98 Å². The van der Waals surface area contributed by atoms with Gasteiger partial charge in [-0.3, -0.25) is 0 Å². The molecule has 0 saturated carbocycles. The van der Waals surface area contributed by atoms with Crippen LogP contribution in [0.1, 0.15) is 16.7 Å². The predicted octanol–water partition coefficient (Wildman–Crippen LogP) is 4.39. The molecule has 0 aliphatic heterocycles. The van der Waals surface area contributed by atoms with Crippen molar-refractivity contribution in [2.75, 3.05) is 0 Å². The van der Waals surface area contributed by atoms with Gasteiger partial charge in [0.1, 0.15) is 6.07 Å². The lowest BCUT2D eigenvalue weighted by Crippen LogP contribution is -1.95. The van der Waals surface area contributed by atoms with Gasteiger partial charge in [-0.15, -0.1) is 0 Å². The van der Waals surface area contributed by atoms with Crippen molar-refractivity contribution in [3.8, 4) is 17.3 Å². The molecule has 2 aromatic carbocycles. The third-order valence-corrected chi connectivity index (χ3v) is 3.56. The Kier molecular flexibility index (Phi) is 2.96. The molecule has 0 N–H and O–H groups in total. The standard InChI is InChI=1S/C18H14N2/c1-12-6-5-7-14(10-12)18-16(11-19)13(2)15-8-3-4-9-17(15)20-18/h3-10H,1-2H3. The largest absolute Gasteiger partial charge is 0.246 e. The molecule has 2 heteroatoms. The number of pyridine rings is 1. The molecular formula is C18H14N2. The fourth-order valence-corrected chi connectivity index (χ4v) is 2.51. The summed E-state index contributed by atoms with van der Waals surface area (Å²) in [5.74, 6) is 0. The first-order valence-corrected chi connectivity index (χ1v) is 6.57. The molecule has 2 nitrogen and oxygen atoms in total. The highest BCUT2D eigenvalue weighted by Crippen LogP contribution is 2.29. The van der Waals surface area contributed by atoms with E-state index in [1.807, 2.05) is 56.3 Å². The number of hydrogen-bond donors (Lipinski definition) is 0. The van der Waals surface area contributed by atoms with E-state index in [2.05, 4.69) is 12.1 Å². The maximum Gasteiger partial charge on any atom is 0.102 e. The van der Waals surface area contributed by atoms with Crippen molar-refractivity contribution in [2.24, 2.45) is 0 Å². The number of benzene rings is 2. The van der Waals surface area contributed by atoms with E-state index in [1.54, 1.807) is 0 Å². The molecule has 20 heavy (non-hydrogen) atoms. The van der Waals surface area contributed by atoms with E-state index in [0.29, 0.717) is 5.56 Å². The zero-order valence-corrected chi connectivity index (χ0v) is 11.5. The van der Waals surface area contributed by atoms with Gasteiger partial charge in [0.2, 0.25) is 0 Å².